The van der Waals surface area contributed by atoms with E-state index >= 15 is 0 Å². The number of fused-ring (bicyclic) bond motifs is 9. The Labute approximate surface area is 298 Å². The van der Waals surface area contributed by atoms with E-state index in [0.29, 0.717) is 17.5 Å². The zero-order chi connectivity index (χ0) is 34.2. The molecule has 11 rings (SSSR count). The number of furan rings is 2. The van der Waals surface area contributed by atoms with Crippen LogP contribution < -0.4 is 0 Å². The van der Waals surface area contributed by atoms with Gasteiger partial charge in [0, 0.05) is 50.2 Å². The number of aromatic nitrogens is 3. The summed E-state index contributed by atoms with van der Waals surface area (Å²) in [6.07, 6.45) is 6.38. The smallest absolute Gasteiger partial charge is 0.164 e. The average molecular weight is 668 g/mol. The van der Waals surface area contributed by atoms with Crippen LogP contribution in [0.3, 0.4) is 0 Å². The van der Waals surface area contributed by atoms with E-state index in [0.717, 1.165) is 95.5 Å². The lowest BCUT2D eigenvalue weighted by Gasteiger charge is -2.10. The summed E-state index contributed by atoms with van der Waals surface area (Å²) in [5, 5.41) is 7.73. The molecule has 0 N–H and O–H groups in total. The second-order valence-electron chi connectivity index (χ2n) is 13.5. The van der Waals surface area contributed by atoms with Gasteiger partial charge in [-0.3, -0.25) is 0 Å². The third kappa shape index (κ3) is 4.53. The molecule has 0 unspecified atom stereocenters. The van der Waals surface area contributed by atoms with E-state index in [1.807, 2.05) is 42.5 Å². The van der Waals surface area contributed by atoms with Gasteiger partial charge in [0.1, 0.15) is 22.5 Å². The summed E-state index contributed by atoms with van der Waals surface area (Å²) < 4.78 is 13.1. The highest BCUT2D eigenvalue weighted by molar-refractivity contribution is 6.16. The van der Waals surface area contributed by atoms with Gasteiger partial charge in [-0.2, -0.15) is 0 Å². The zero-order valence-electron chi connectivity index (χ0n) is 28.0. The molecule has 5 heteroatoms. The maximum atomic E-state index is 6.63. The third-order valence-electron chi connectivity index (χ3n) is 10.4. The van der Waals surface area contributed by atoms with E-state index in [1.165, 1.54) is 10.9 Å². The first-order valence-electron chi connectivity index (χ1n) is 17.7. The molecule has 0 saturated heterocycles. The molecule has 3 aromatic heterocycles. The normalized spacial score (nSPS) is 12.8. The van der Waals surface area contributed by atoms with Crippen molar-refractivity contribution in [3.8, 4) is 45.3 Å². The fourth-order valence-electron chi connectivity index (χ4n) is 7.86. The number of rotatable bonds is 4. The Morgan fingerprint density at radius 2 is 1.23 bits per heavy atom. The molecule has 0 atom stereocenters. The molecule has 52 heavy (non-hydrogen) atoms. The van der Waals surface area contributed by atoms with Crippen molar-refractivity contribution in [1.29, 1.82) is 0 Å². The number of allylic oxidation sites excluding steroid dienone is 1. The largest absolute Gasteiger partial charge is 0.460 e. The minimum Gasteiger partial charge on any atom is -0.460 e. The van der Waals surface area contributed by atoms with E-state index < -0.39 is 0 Å². The molecule has 5 nitrogen and oxygen atoms in total. The van der Waals surface area contributed by atoms with Crippen LogP contribution in [0.4, 0.5) is 0 Å². The molecular formula is C47H29N3O2. The van der Waals surface area contributed by atoms with E-state index in [1.54, 1.807) is 0 Å². The Kier molecular flexibility index (Phi) is 6.31. The lowest BCUT2D eigenvalue weighted by atomic mass is 9.93. The van der Waals surface area contributed by atoms with Crippen LogP contribution in [-0.4, -0.2) is 15.0 Å². The number of hydrogen-bond acceptors (Lipinski definition) is 5. The van der Waals surface area contributed by atoms with Crippen molar-refractivity contribution in [2.24, 2.45) is 0 Å². The highest BCUT2D eigenvalue weighted by atomic mass is 16.3. The number of nitrogens with zero attached hydrogens (tertiary/aromatic N) is 3. The van der Waals surface area contributed by atoms with Crippen molar-refractivity contribution >= 4 is 60.5 Å². The van der Waals surface area contributed by atoms with Crippen LogP contribution >= 0.6 is 0 Å². The quantitative estimate of drug-likeness (QED) is 0.187. The summed E-state index contributed by atoms with van der Waals surface area (Å²) in [6, 6.07) is 48.3. The van der Waals surface area contributed by atoms with Gasteiger partial charge in [-0.05, 0) is 64.0 Å². The van der Waals surface area contributed by atoms with Crippen LogP contribution in [-0.2, 0) is 6.42 Å². The van der Waals surface area contributed by atoms with Crippen LogP contribution in [0.25, 0.3) is 106 Å². The molecule has 3 heterocycles. The van der Waals surface area contributed by atoms with Gasteiger partial charge in [0.05, 0.1) is 0 Å². The van der Waals surface area contributed by atoms with Crippen molar-refractivity contribution in [1.82, 2.24) is 15.0 Å². The fraction of sp³-hybridized carbons (Fsp3) is 0.0426. The Morgan fingerprint density at radius 1 is 0.462 bits per heavy atom. The van der Waals surface area contributed by atoms with Crippen molar-refractivity contribution in [2.75, 3.05) is 0 Å². The SMILES string of the molecule is C1=Cc2c(oc3c2cc(-c2ccc4c(c2)oc2cccc(-c5nc(-c6ccccc6)nc(-c6ccc7ccccc7c6)n5)c24)c2ccccc23)CC1. The van der Waals surface area contributed by atoms with E-state index in [4.69, 9.17) is 23.8 Å². The lowest BCUT2D eigenvalue weighted by molar-refractivity contribution is 0.549. The van der Waals surface area contributed by atoms with Gasteiger partial charge in [0.25, 0.3) is 0 Å². The van der Waals surface area contributed by atoms with Crippen LogP contribution in [0, 0.1) is 0 Å². The highest BCUT2D eigenvalue weighted by Gasteiger charge is 2.21. The summed E-state index contributed by atoms with van der Waals surface area (Å²) in [4.78, 5) is 15.2. The number of aryl methyl sites for hydroxylation is 1. The van der Waals surface area contributed by atoms with Crippen molar-refractivity contribution < 1.29 is 8.83 Å². The Morgan fingerprint density at radius 3 is 2.13 bits per heavy atom. The van der Waals surface area contributed by atoms with Crippen LogP contribution in [0.15, 0.2) is 154 Å². The molecule has 0 saturated carbocycles. The molecule has 0 spiro atoms. The van der Waals surface area contributed by atoms with Gasteiger partial charge in [0.2, 0.25) is 0 Å². The molecule has 0 bridgehead atoms. The monoisotopic (exact) mass is 667 g/mol. The first-order chi connectivity index (χ1) is 25.7. The topological polar surface area (TPSA) is 65.0 Å². The average Bonchev–Trinajstić information content (AvgIpc) is 3.79. The predicted octanol–water partition coefficient (Wildman–Crippen LogP) is 12.5. The standard InChI is InChI=1S/C47H29N3O2/c1-2-12-29(13-3-1)45-48-46(32-22-21-28-11-4-5-14-30(28)25-32)50-47(49-45)37-18-10-20-41-43(37)36-24-23-31(26-42(36)51-41)38-27-39-34-16-8-9-19-40(34)52-44(39)35-17-7-6-15-33(35)38/h1-8,10-18,20-27H,9,19H2. The van der Waals surface area contributed by atoms with Crippen molar-refractivity contribution in [2.45, 2.75) is 12.8 Å². The van der Waals surface area contributed by atoms with Gasteiger partial charge in [-0.25, -0.2) is 15.0 Å². The molecule has 1 aliphatic carbocycles. The predicted molar refractivity (Wildman–Crippen MR) is 211 cm³/mol. The summed E-state index contributed by atoms with van der Waals surface area (Å²) in [5.74, 6) is 2.92. The minimum absolute atomic E-state index is 0.601. The second kappa shape index (κ2) is 11.3. The van der Waals surface area contributed by atoms with Gasteiger partial charge >= 0.3 is 0 Å². The fourth-order valence-corrected chi connectivity index (χ4v) is 7.86. The zero-order valence-corrected chi connectivity index (χ0v) is 28.0. The molecule has 1 aliphatic rings. The number of benzene rings is 7. The van der Waals surface area contributed by atoms with Crippen molar-refractivity contribution in [3.63, 3.8) is 0 Å². The molecule has 7 aromatic carbocycles. The van der Waals surface area contributed by atoms with Crippen LogP contribution in [0.1, 0.15) is 17.7 Å². The first-order valence-corrected chi connectivity index (χ1v) is 17.7. The maximum absolute atomic E-state index is 6.63. The van der Waals surface area contributed by atoms with Gasteiger partial charge in [-0.1, -0.05) is 121 Å². The molecule has 0 aliphatic heterocycles. The summed E-state index contributed by atoms with van der Waals surface area (Å²) >= 11 is 0. The molecule has 244 valence electrons. The molecule has 0 amide bonds. The molecule has 0 radical (unpaired) electrons. The molecule has 0 fully saturated rings. The minimum atomic E-state index is 0.601. The Balaban J connectivity index is 1.10. The van der Waals surface area contributed by atoms with Gasteiger partial charge < -0.3 is 8.83 Å². The van der Waals surface area contributed by atoms with E-state index in [2.05, 4.69) is 109 Å². The van der Waals surface area contributed by atoms with E-state index in [-0.39, 0.29) is 0 Å². The maximum Gasteiger partial charge on any atom is 0.164 e. The van der Waals surface area contributed by atoms with Crippen LogP contribution in [0.2, 0.25) is 0 Å². The summed E-state index contributed by atoms with van der Waals surface area (Å²) in [5.41, 5.74) is 8.75. The van der Waals surface area contributed by atoms with Crippen LogP contribution in [0.5, 0.6) is 0 Å². The molecular weight excluding hydrogens is 639 g/mol. The highest BCUT2D eigenvalue weighted by Crippen LogP contribution is 2.43. The van der Waals surface area contributed by atoms with Gasteiger partial charge in [-0.15, -0.1) is 0 Å². The summed E-state index contributed by atoms with van der Waals surface area (Å²) in [7, 11) is 0. The second-order valence-corrected chi connectivity index (χ2v) is 13.5. The summed E-state index contributed by atoms with van der Waals surface area (Å²) in [6.45, 7) is 0. The third-order valence-corrected chi connectivity index (χ3v) is 10.4. The Hall–Kier alpha value is -6.85. The molecule has 10 aromatic rings. The van der Waals surface area contributed by atoms with Crippen molar-refractivity contribution in [3.05, 3.63) is 157 Å². The lowest BCUT2D eigenvalue weighted by Crippen LogP contribution is -2.00. The van der Waals surface area contributed by atoms with E-state index in [9.17, 15) is 0 Å². The van der Waals surface area contributed by atoms with Gasteiger partial charge in [0.15, 0.2) is 17.5 Å². The Bertz CT molecular complexity index is 3080. The first kappa shape index (κ1) is 28.9. The number of hydrogen-bond donors (Lipinski definition) is 0.